The number of unbranched alkanes of at least 4 members (excludes halogenated alkanes) is 2. The molecule has 4 unspecified atom stereocenters. The lowest BCUT2D eigenvalue weighted by Gasteiger charge is -2.20. The lowest BCUT2D eigenvalue weighted by Crippen LogP contribution is -2.29. The van der Waals surface area contributed by atoms with Crippen molar-refractivity contribution in [3.05, 3.63) is 114 Å². The van der Waals surface area contributed by atoms with Crippen LogP contribution < -0.4 is 17.2 Å². The summed E-state index contributed by atoms with van der Waals surface area (Å²) in [7, 11) is 0. The third-order valence-electron chi connectivity index (χ3n) is 11.1. The van der Waals surface area contributed by atoms with Gasteiger partial charge < -0.3 is 17.2 Å². The summed E-state index contributed by atoms with van der Waals surface area (Å²) in [4.78, 5) is 0. The molecule has 0 aliphatic heterocycles. The number of aryl methyl sites for hydroxylation is 1. The Labute approximate surface area is 380 Å². The van der Waals surface area contributed by atoms with Crippen LogP contribution in [0.1, 0.15) is 203 Å². The normalized spacial score (nSPS) is 12.6. The first kappa shape index (κ1) is 63.8. The van der Waals surface area contributed by atoms with E-state index in [0.717, 1.165) is 60.1 Å². The number of halogens is 1. The fourth-order valence-corrected chi connectivity index (χ4v) is 6.49. The summed E-state index contributed by atoms with van der Waals surface area (Å²) >= 11 is 0. The van der Waals surface area contributed by atoms with Gasteiger partial charge in [-0.3, -0.25) is 0 Å². The first-order valence-corrected chi connectivity index (χ1v) is 23.8. The summed E-state index contributed by atoms with van der Waals surface area (Å²) in [5.74, 6) is 4.97. The van der Waals surface area contributed by atoms with Crippen molar-refractivity contribution < 1.29 is 4.39 Å². The molecule has 0 spiro atoms. The minimum Gasteiger partial charge on any atom is -0.399 e. The van der Waals surface area contributed by atoms with E-state index in [1.54, 1.807) is 30.7 Å². The monoisotopic (exact) mass is 844 g/mol. The molecular weight excluding hydrogens is 746 g/mol. The number of terminal acetylenes is 1. The molecule has 0 saturated heterocycles. The number of nitrogens with two attached hydrogens (primary N) is 3. The van der Waals surface area contributed by atoms with Crippen molar-refractivity contribution in [3.63, 3.8) is 0 Å². The second-order valence-electron chi connectivity index (χ2n) is 16.3. The van der Waals surface area contributed by atoms with Crippen molar-refractivity contribution in [3.8, 4) is 12.3 Å². The molecule has 2 aromatic rings. The van der Waals surface area contributed by atoms with E-state index < -0.39 is 0 Å². The summed E-state index contributed by atoms with van der Waals surface area (Å²) in [6.07, 6.45) is 28.0. The van der Waals surface area contributed by atoms with Crippen molar-refractivity contribution in [2.75, 3.05) is 0 Å². The summed E-state index contributed by atoms with van der Waals surface area (Å²) in [5.41, 5.74) is 24.5. The van der Waals surface area contributed by atoms with Gasteiger partial charge in [0.25, 0.3) is 0 Å². The quantitative estimate of drug-likeness (QED) is 0.0865. The van der Waals surface area contributed by atoms with E-state index in [9.17, 15) is 4.39 Å². The van der Waals surface area contributed by atoms with Gasteiger partial charge in [-0.25, -0.2) is 4.39 Å². The van der Waals surface area contributed by atoms with Crippen molar-refractivity contribution >= 4 is 17.5 Å². The summed E-state index contributed by atoms with van der Waals surface area (Å²) in [6, 6.07) is 13.4. The Bertz CT molecular complexity index is 1470. The molecule has 0 aromatic heterocycles. The second-order valence-corrected chi connectivity index (χ2v) is 16.3. The highest BCUT2D eigenvalue weighted by Gasteiger charge is 2.14. The first-order valence-electron chi connectivity index (χ1n) is 23.8. The molecule has 3 nitrogen and oxygen atoms in total. The maximum absolute atomic E-state index is 13.8. The molecule has 2 rings (SSSR count). The highest BCUT2D eigenvalue weighted by Crippen LogP contribution is 2.23. The van der Waals surface area contributed by atoms with Crippen LogP contribution in [0.4, 0.5) is 4.39 Å². The van der Waals surface area contributed by atoms with E-state index in [1.165, 1.54) is 69.8 Å². The van der Waals surface area contributed by atoms with E-state index in [4.69, 9.17) is 17.2 Å². The molecule has 0 aliphatic carbocycles. The molecule has 0 saturated carbocycles. The topological polar surface area (TPSA) is 78.1 Å². The van der Waals surface area contributed by atoms with Crippen LogP contribution in [0, 0.1) is 41.8 Å². The van der Waals surface area contributed by atoms with Crippen LogP contribution in [0.3, 0.4) is 0 Å². The van der Waals surface area contributed by atoms with E-state index in [1.807, 2.05) is 30.3 Å². The van der Waals surface area contributed by atoms with Crippen LogP contribution in [-0.4, -0.2) is 6.04 Å². The molecular formula is C57H98FN3. The third kappa shape index (κ3) is 33.5. The zero-order valence-electron chi connectivity index (χ0n) is 42.4. The molecule has 0 aliphatic rings. The molecule has 2 aromatic carbocycles. The van der Waals surface area contributed by atoms with Gasteiger partial charge in [0.2, 0.25) is 0 Å². The smallest absolute Gasteiger partial charge is 0.132 e. The molecule has 61 heavy (non-hydrogen) atoms. The number of allylic oxidation sites excluding steroid dienone is 3. The van der Waals surface area contributed by atoms with Crippen LogP contribution in [0.25, 0.3) is 17.5 Å². The summed E-state index contributed by atoms with van der Waals surface area (Å²) < 4.78 is 13.8. The number of hydrogen-bond donors (Lipinski definition) is 3. The van der Waals surface area contributed by atoms with Gasteiger partial charge in [-0.05, 0) is 98.4 Å². The molecule has 0 bridgehead atoms. The Kier molecular flexibility index (Phi) is 44.8. The molecule has 4 atom stereocenters. The Morgan fingerprint density at radius 1 is 0.754 bits per heavy atom. The lowest BCUT2D eigenvalue weighted by molar-refractivity contribution is 0.411. The molecule has 0 heterocycles. The largest absolute Gasteiger partial charge is 0.399 e. The van der Waals surface area contributed by atoms with Crippen LogP contribution in [0.5, 0.6) is 0 Å². The van der Waals surface area contributed by atoms with Gasteiger partial charge in [0, 0.05) is 23.0 Å². The van der Waals surface area contributed by atoms with Crippen LogP contribution in [0.2, 0.25) is 0 Å². The van der Waals surface area contributed by atoms with Gasteiger partial charge in [0.15, 0.2) is 0 Å². The van der Waals surface area contributed by atoms with Crippen LogP contribution in [0.15, 0.2) is 85.5 Å². The third-order valence-corrected chi connectivity index (χ3v) is 11.1. The van der Waals surface area contributed by atoms with E-state index in [-0.39, 0.29) is 11.9 Å². The minimum absolute atomic E-state index is 0.257. The molecule has 0 amide bonds. The van der Waals surface area contributed by atoms with E-state index in [2.05, 4.69) is 134 Å². The zero-order chi connectivity index (χ0) is 47.8. The molecule has 348 valence electrons. The summed E-state index contributed by atoms with van der Waals surface area (Å²) in [5, 5.41) is 0. The zero-order valence-corrected chi connectivity index (χ0v) is 42.4. The lowest BCUT2D eigenvalue weighted by atomic mass is 9.87. The van der Waals surface area contributed by atoms with Crippen LogP contribution >= 0.6 is 0 Å². The number of rotatable bonds is 21. The highest BCUT2D eigenvalue weighted by molar-refractivity contribution is 5.62. The van der Waals surface area contributed by atoms with Crippen molar-refractivity contribution in [2.24, 2.45) is 40.9 Å². The average molecular weight is 844 g/mol. The number of benzene rings is 2. The first-order chi connectivity index (χ1) is 28.9. The van der Waals surface area contributed by atoms with E-state index >= 15 is 0 Å². The second kappa shape index (κ2) is 42.9. The number of hydrogen-bond acceptors (Lipinski definition) is 3. The Balaban J connectivity index is -0.000000343. The maximum atomic E-state index is 13.8. The Morgan fingerprint density at radius 3 is 1.61 bits per heavy atom. The van der Waals surface area contributed by atoms with Gasteiger partial charge in [-0.1, -0.05) is 220 Å². The SMILES string of the molecule is C#CC.C=C(N)c1ccc(CCC(CCC)CCC)cc1F.C=Cc1ccc(C(=C)N)cc1.CC/C=C(/CC)C(N)C(C)CC.CC/C=C(\C)C(C)C(C)CC.CCCCC. The fraction of sp³-hybridized carbons (Fsp3) is 0.579. The Morgan fingerprint density at radius 2 is 1.26 bits per heavy atom. The van der Waals surface area contributed by atoms with Crippen LogP contribution in [-0.2, 0) is 6.42 Å². The van der Waals surface area contributed by atoms with Gasteiger partial charge in [0.05, 0.1) is 0 Å². The summed E-state index contributed by atoms with van der Waals surface area (Å²) in [6.45, 7) is 41.5. The highest BCUT2D eigenvalue weighted by atomic mass is 19.1. The fourth-order valence-electron chi connectivity index (χ4n) is 6.49. The Hall–Kier alpha value is -3.81. The van der Waals surface area contributed by atoms with Gasteiger partial charge in [0.1, 0.15) is 5.82 Å². The standard InChI is InChI=1S/C17H26FN.C11H23N.C11H22.C10H11N.C5H12.C3H4/c1-4-6-14(7-5-2)8-9-15-10-11-16(13(3)19)17(18)12-15;1-5-8-10(7-3)11(12)9(4)6-2;1-6-8-10(4)11(5)9(3)7-2;1-3-9-4-6-10(7-5-9)8(2)11;1-3-5-4-2;1-3-2/h10-12,14H,3-9,19H2,1-2H3;8-9,11H,5-7,12H2,1-4H3;8-9,11H,6-7H2,1-5H3;3-7H,1-2,11H2;3-5H2,1-2H3;1H,2H3/b;10-8-;10-8+;;;. The predicted molar refractivity (Wildman–Crippen MR) is 279 cm³/mol. The maximum Gasteiger partial charge on any atom is 0.132 e. The van der Waals surface area contributed by atoms with Gasteiger partial charge in [-0.15, -0.1) is 12.3 Å². The van der Waals surface area contributed by atoms with Crippen molar-refractivity contribution in [1.82, 2.24) is 0 Å². The van der Waals surface area contributed by atoms with Crippen molar-refractivity contribution in [1.29, 1.82) is 0 Å². The molecule has 0 fully saturated rings. The molecule has 4 heteroatoms. The van der Waals surface area contributed by atoms with E-state index in [0.29, 0.717) is 22.9 Å². The van der Waals surface area contributed by atoms with Crippen molar-refractivity contribution in [2.45, 2.75) is 193 Å². The predicted octanol–water partition coefficient (Wildman–Crippen LogP) is 17.1. The molecule has 0 radical (unpaired) electrons. The minimum atomic E-state index is -0.257. The average Bonchev–Trinajstić information content (AvgIpc) is 3.25. The van der Waals surface area contributed by atoms with Gasteiger partial charge >= 0.3 is 0 Å². The van der Waals surface area contributed by atoms with Gasteiger partial charge in [-0.2, -0.15) is 0 Å². The molecule has 6 N–H and O–H groups in total.